The third-order valence-corrected chi connectivity index (χ3v) is 2.54. The van der Waals surface area contributed by atoms with Gasteiger partial charge in [0.15, 0.2) is 0 Å². The molecular weight excluding hydrogens is 246 g/mol. The lowest BCUT2D eigenvalue weighted by atomic mass is 9.89. The van der Waals surface area contributed by atoms with E-state index in [4.69, 9.17) is 0 Å². The van der Waals surface area contributed by atoms with Crippen LogP contribution in [-0.2, 0) is 6.18 Å². The molecule has 1 saturated heterocycles. The van der Waals surface area contributed by atoms with Crippen LogP contribution in [0.2, 0.25) is 0 Å². The van der Waals surface area contributed by atoms with Crippen molar-refractivity contribution in [3.8, 4) is 0 Å². The Morgan fingerprint density at radius 1 is 1.19 bits per heavy atom. The van der Waals surface area contributed by atoms with Crippen LogP contribution in [0.1, 0.15) is 17.0 Å². The second-order valence-electron chi connectivity index (χ2n) is 3.58. The van der Waals surface area contributed by atoms with Gasteiger partial charge < -0.3 is 5.32 Å². The van der Waals surface area contributed by atoms with Crippen LogP contribution in [0.25, 0.3) is 0 Å². The van der Waals surface area contributed by atoms with Gasteiger partial charge in [-0.2, -0.15) is 13.2 Å². The Hall–Kier alpha value is -0.810. The van der Waals surface area contributed by atoms with Crippen molar-refractivity contribution in [3.05, 3.63) is 35.1 Å². The van der Waals surface area contributed by atoms with Gasteiger partial charge in [-0.1, -0.05) is 6.07 Å². The van der Waals surface area contributed by atoms with Crippen molar-refractivity contribution in [2.75, 3.05) is 13.1 Å². The molecule has 1 N–H and O–H groups in total. The summed E-state index contributed by atoms with van der Waals surface area (Å²) in [5, 5.41) is 2.89. The Morgan fingerprint density at radius 3 is 2.25 bits per heavy atom. The highest BCUT2D eigenvalue weighted by Crippen LogP contribution is 2.36. The van der Waals surface area contributed by atoms with Gasteiger partial charge in [0.2, 0.25) is 0 Å². The van der Waals surface area contributed by atoms with Crippen LogP contribution in [0.4, 0.5) is 17.6 Å². The highest BCUT2D eigenvalue weighted by molar-refractivity contribution is 5.85. The Kier molecular flexibility index (Phi) is 3.80. The van der Waals surface area contributed by atoms with Crippen LogP contribution < -0.4 is 5.32 Å². The van der Waals surface area contributed by atoms with Crippen molar-refractivity contribution in [2.45, 2.75) is 12.1 Å². The monoisotopic (exact) mass is 255 g/mol. The summed E-state index contributed by atoms with van der Waals surface area (Å²) in [4.78, 5) is 0. The normalized spacial score (nSPS) is 16.5. The number of benzene rings is 1. The van der Waals surface area contributed by atoms with Gasteiger partial charge in [0, 0.05) is 19.0 Å². The molecule has 0 saturated carbocycles. The van der Waals surface area contributed by atoms with Crippen molar-refractivity contribution >= 4 is 12.4 Å². The first-order valence-electron chi connectivity index (χ1n) is 4.56. The van der Waals surface area contributed by atoms with Crippen LogP contribution >= 0.6 is 12.4 Å². The van der Waals surface area contributed by atoms with E-state index in [-0.39, 0.29) is 23.9 Å². The molecule has 1 fully saturated rings. The molecule has 0 aliphatic carbocycles. The second-order valence-corrected chi connectivity index (χ2v) is 3.58. The van der Waals surface area contributed by atoms with Gasteiger partial charge in [-0.25, -0.2) is 4.39 Å². The van der Waals surface area contributed by atoms with E-state index < -0.39 is 17.6 Å². The fraction of sp³-hybridized carbons (Fsp3) is 0.400. The molecule has 0 spiro atoms. The summed E-state index contributed by atoms with van der Waals surface area (Å²) in [6, 6.07) is 2.86. The molecule has 1 heterocycles. The third kappa shape index (κ3) is 2.47. The lowest BCUT2D eigenvalue weighted by molar-refractivity contribution is -0.138. The van der Waals surface area contributed by atoms with E-state index in [1.807, 2.05) is 0 Å². The van der Waals surface area contributed by atoms with Gasteiger partial charge in [0.1, 0.15) is 5.82 Å². The number of alkyl halides is 3. The minimum atomic E-state index is -4.48. The van der Waals surface area contributed by atoms with E-state index in [2.05, 4.69) is 5.32 Å². The molecule has 6 heteroatoms. The number of halogens is 5. The van der Waals surface area contributed by atoms with Crippen LogP contribution in [0.3, 0.4) is 0 Å². The maximum absolute atomic E-state index is 12.7. The first-order chi connectivity index (χ1) is 6.98. The van der Waals surface area contributed by atoms with E-state index in [9.17, 15) is 17.6 Å². The van der Waals surface area contributed by atoms with E-state index in [0.717, 1.165) is 6.07 Å². The van der Waals surface area contributed by atoms with E-state index in [0.29, 0.717) is 19.2 Å². The van der Waals surface area contributed by atoms with Crippen molar-refractivity contribution in [2.24, 2.45) is 0 Å². The summed E-state index contributed by atoms with van der Waals surface area (Å²) in [7, 11) is 0. The molecule has 1 aliphatic rings. The average molecular weight is 256 g/mol. The third-order valence-electron chi connectivity index (χ3n) is 2.54. The number of hydrogen-bond acceptors (Lipinski definition) is 1. The van der Waals surface area contributed by atoms with Crippen molar-refractivity contribution in [3.63, 3.8) is 0 Å². The topological polar surface area (TPSA) is 12.0 Å². The Bertz CT molecular complexity index is 374. The Morgan fingerprint density at radius 2 is 1.81 bits per heavy atom. The highest BCUT2D eigenvalue weighted by Gasteiger charge is 2.36. The number of rotatable bonds is 1. The van der Waals surface area contributed by atoms with Gasteiger partial charge in [-0.15, -0.1) is 12.4 Å². The van der Waals surface area contributed by atoms with E-state index in [1.54, 1.807) is 0 Å². The predicted octanol–water partition coefficient (Wildman–Crippen LogP) is 2.95. The largest absolute Gasteiger partial charge is 0.416 e. The summed E-state index contributed by atoms with van der Waals surface area (Å²) in [5.74, 6) is -0.999. The van der Waals surface area contributed by atoms with Crippen molar-refractivity contribution in [1.82, 2.24) is 5.32 Å². The molecule has 0 aromatic heterocycles. The fourth-order valence-electron chi connectivity index (χ4n) is 1.64. The molecule has 1 aliphatic heterocycles. The zero-order chi connectivity index (χ0) is 11.1. The SMILES string of the molecule is Cl.Fc1ccc(C2CNC2)c(C(F)(F)F)c1. The minimum Gasteiger partial charge on any atom is -0.315 e. The summed E-state index contributed by atoms with van der Waals surface area (Å²) in [6.45, 7) is 1.05. The van der Waals surface area contributed by atoms with Gasteiger partial charge in [-0.05, 0) is 17.7 Å². The quantitative estimate of drug-likeness (QED) is 0.761. The average Bonchev–Trinajstić information content (AvgIpc) is 2.03. The first kappa shape index (κ1) is 13.3. The van der Waals surface area contributed by atoms with Gasteiger partial charge in [0.25, 0.3) is 0 Å². The molecular formula is C10H10ClF4N. The number of hydrogen-bond donors (Lipinski definition) is 1. The highest BCUT2D eigenvalue weighted by atomic mass is 35.5. The summed E-state index contributed by atoms with van der Waals surface area (Å²) < 4.78 is 50.4. The maximum Gasteiger partial charge on any atom is 0.416 e. The maximum atomic E-state index is 12.7. The lowest BCUT2D eigenvalue weighted by Gasteiger charge is -2.29. The molecule has 0 atom stereocenters. The van der Waals surface area contributed by atoms with E-state index >= 15 is 0 Å². The van der Waals surface area contributed by atoms with Crippen molar-refractivity contribution < 1.29 is 17.6 Å². The zero-order valence-electron chi connectivity index (χ0n) is 8.14. The molecule has 0 bridgehead atoms. The standard InChI is InChI=1S/C10H9F4N.ClH/c11-7-1-2-8(6-4-15-5-6)9(3-7)10(12,13)14;/h1-3,6,15H,4-5H2;1H. The molecule has 0 amide bonds. The summed E-state index contributed by atoms with van der Waals surface area (Å²) in [5.41, 5.74) is -0.670. The minimum absolute atomic E-state index is 0. The molecule has 1 nitrogen and oxygen atoms in total. The molecule has 0 radical (unpaired) electrons. The van der Waals surface area contributed by atoms with Crippen LogP contribution in [-0.4, -0.2) is 13.1 Å². The Balaban J connectivity index is 0.00000128. The zero-order valence-corrected chi connectivity index (χ0v) is 8.96. The molecule has 1 aromatic carbocycles. The molecule has 1 aromatic rings. The second kappa shape index (κ2) is 4.59. The lowest BCUT2D eigenvalue weighted by Crippen LogP contribution is -2.40. The van der Waals surface area contributed by atoms with Crippen LogP contribution in [0.15, 0.2) is 18.2 Å². The van der Waals surface area contributed by atoms with Gasteiger partial charge in [0.05, 0.1) is 5.56 Å². The molecule has 90 valence electrons. The smallest absolute Gasteiger partial charge is 0.315 e. The molecule has 2 rings (SSSR count). The first-order valence-corrected chi connectivity index (χ1v) is 4.56. The van der Waals surface area contributed by atoms with Crippen LogP contribution in [0, 0.1) is 5.82 Å². The summed E-state index contributed by atoms with van der Waals surface area (Å²) >= 11 is 0. The summed E-state index contributed by atoms with van der Waals surface area (Å²) in [6.07, 6.45) is -4.48. The molecule has 0 unspecified atom stereocenters. The predicted molar refractivity (Wildman–Crippen MR) is 54.3 cm³/mol. The van der Waals surface area contributed by atoms with Crippen molar-refractivity contribution in [1.29, 1.82) is 0 Å². The van der Waals surface area contributed by atoms with Gasteiger partial charge >= 0.3 is 6.18 Å². The molecule has 16 heavy (non-hydrogen) atoms. The van der Waals surface area contributed by atoms with Crippen LogP contribution in [0.5, 0.6) is 0 Å². The van der Waals surface area contributed by atoms with E-state index in [1.165, 1.54) is 6.07 Å². The Labute approximate surface area is 96.3 Å². The van der Waals surface area contributed by atoms with Gasteiger partial charge in [-0.3, -0.25) is 0 Å². The fourth-order valence-corrected chi connectivity index (χ4v) is 1.64. The number of nitrogens with one attached hydrogen (secondary N) is 1.